The lowest BCUT2D eigenvalue weighted by atomic mass is 9.77. The summed E-state index contributed by atoms with van der Waals surface area (Å²) in [7, 11) is 2.24. The smallest absolute Gasteiger partial charge is 0.0342 e. The Kier molecular flexibility index (Phi) is 5.64. The number of hydrogen-bond acceptors (Lipinski definition) is 2. The molecule has 2 aliphatic rings. The molecule has 2 heterocycles. The topological polar surface area (TPSA) is 16.1 Å². The molecule has 1 saturated heterocycles. The number of hydrogen-bond donors (Lipinski definition) is 0. The maximum absolute atomic E-state index is 4.22. The van der Waals surface area contributed by atoms with Crippen LogP contribution < -0.4 is 0 Å². The zero-order chi connectivity index (χ0) is 11.0. The number of nitrogens with zero attached hydrogens (tertiary/aromatic N) is 2. The number of rotatable bonds is 1. The molecule has 2 nitrogen and oxygen atoms in total. The molecular formula is C14H20Cl2N2. The fraction of sp³-hybridized carbons (Fsp3) is 0.500. The van der Waals surface area contributed by atoms with Crippen LogP contribution in [0.5, 0.6) is 0 Å². The maximum atomic E-state index is 4.22. The summed E-state index contributed by atoms with van der Waals surface area (Å²) in [4.78, 5) is 6.69. The number of halogens is 2. The van der Waals surface area contributed by atoms with Gasteiger partial charge in [-0.05, 0) is 48.9 Å². The van der Waals surface area contributed by atoms with E-state index in [1.807, 2.05) is 18.5 Å². The maximum Gasteiger partial charge on any atom is 0.0342 e. The van der Waals surface area contributed by atoms with Gasteiger partial charge in [-0.15, -0.1) is 24.8 Å². The first kappa shape index (κ1) is 15.5. The Morgan fingerprint density at radius 2 is 2.11 bits per heavy atom. The minimum atomic E-state index is 0. The number of likely N-dealkylation sites (tertiary alicyclic amines) is 1. The monoisotopic (exact) mass is 286 g/mol. The molecule has 1 aromatic rings. The van der Waals surface area contributed by atoms with Crippen LogP contribution in [0.1, 0.15) is 18.4 Å². The summed E-state index contributed by atoms with van der Waals surface area (Å²) in [5, 5.41) is 0. The van der Waals surface area contributed by atoms with E-state index in [0.29, 0.717) is 0 Å². The summed E-state index contributed by atoms with van der Waals surface area (Å²) in [6, 6.07) is 4.22. The van der Waals surface area contributed by atoms with E-state index in [1.165, 1.54) is 37.1 Å². The van der Waals surface area contributed by atoms with Crippen LogP contribution in [0, 0.1) is 11.8 Å². The van der Waals surface area contributed by atoms with Crippen LogP contribution in [0.25, 0.3) is 5.57 Å². The van der Waals surface area contributed by atoms with Crippen molar-refractivity contribution in [1.29, 1.82) is 0 Å². The molecule has 0 amide bonds. The van der Waals surface area contributed by atoms with Crippen molar-refractivity contribution in [2.24, 2.45) is 11.8 Å². The number of aromatic nitrogens is 1. The Morgan fingerprint density at radius 3 is 2.78 bits per heavy atom. The third-order valence-corrected chi connectivity index (χ3v) is 3.73. The SMILES string of the molecule is CN1CC2C=C(c3cccnc3)CC(C2)C1.Cl.Cl. The first-order valence-corrected chi connectivity index (χ1v) is 6.11. The average Bonchev–Trinajstić information content (AvgIpc) is 2.28. The van der Waals surface area contributed by atoms with Gasteiger partial charge in [-0.25, -0.2) is 0 Å². The highest BCUT2D eigenvalue weighted by atomic mass is 35.5. The summed E-state index contributed by atoms with van der Waals surface area (Å²) in [6.07, 6.45) is 8.93. The lowest BCUT2D eigenvalue weighted by Crippen LogP contribution is -2.39. The van der Waals surface area contributed by atoms with Crippen LogP contribution in [-0.2, 0) is 0 Å². The molecule has 1 aliphatic carbocycles. The van der Waals surface area contributed by atoms with E-state index in [9.17, 15) is 0 Å². The van der Waals surface area contributed by atoms with Crippen LogP contribution in [0.15, 0.2) is 30.6 Å². The second-order valence-electron chi connectivity index (χ2n) is 5.22. The minimum absolute atomic E-state index is 0. The molecule has 0 aromatic carbocycles. The average molecular weight is 287 g/mol. The largest absolute Gasteiger partial charge is 0.305 e. The van der Waals surface area contributed by atoms with Gasteiger partial charge in [0.2, 0.25) is 0 Å². The molecule has 1 fully saturated rings. The second-order valence-corrected chi connectivity index (χ2v) is 5.22. The van der Waals surface area contributed by atoms with E-state index >= 15 is 0 Å². The summed E-state index contributed by atoms with van der Waals surface area (Å²) < 4.78 is 0. The summed E-state index contributed by atoms with van der Waals surface area (Å²) in [5.74, 6) is 1.61. The zero-order valence-electron chi connectivity index (χ0n) is 10.6. The number of pyridine rings is 1. The van der Waals surface area contributed by atoms with Crippen LogP contribution in [0.2, 0.25) is 0 Å². The lowest BCUT2D eigenvalue weighted by Gasteiger charge is -2.38. The molecule has 3 rings (SSSR count). The van der Waals surface area contributed by atoms with Gasteiger partial charge >= 0.3 is 0 Å². The molecule has 0 spiro atoms. The standard InChI is InChI=1S/C14H18N2.2ClH/c1-16-9-11-5-12(10-16)7-14(6-11)13-3-2-4-15-8-13;;/h2-4,6,8,11-12H,5,7,9-10H2,1H3;2*1H. The van der Waals surface area contributed by atoms with E-state index in [-0.39, 0.29) is 24.8 Å². The molecule has 2 unspecified atom stereocenters. The van der Waals surface area contributed by atoms with Gasteiger partial charge in [0.25, 0.3) is 0 Å². The Bertz CT molecular complexity index is 406. The Balaban J connectivity index is 0.000000810. The molecule has 0 N–H and O–H groups in total. The van der Waals surface area contributed by atoms with Crippen molar-refractivity contribution in [3.05, 3.63) is 36.2 Å². The first-order chi connectivity index (χ1) is 7.81. The van der Waals surface area contributed by atoms with Gasteiger partial charge in [-0.2, -0.15) is 0 Å². The predicted molar refractivity (Wildman–Crippen MR) is 80.4 cm³/mol. The third-order valence-electron chi connectivity index (χ3n) is 3.73. The van der Waals surface area contributed by atoms with Crippen molar-refractivity contribution in [3.63, 3.8) is 0 Å². The summed E-state index contributed by atoms with van der Waals surface area (Å²) in [6.45, 7) is 2.48. The van der Waals surface area contributed by atoms with E-state index in [4.69, 9.17) is 0 Å². The van der Waals surface area contributed by atoms with Crippen molar-refractivity contribution >= 4 is 30.4 Å². The summed E-state index contributed by atoms with van der Waals surface area (Å²) >= 11 is 0. The molecule has 1 aliphatic heterocycles. The van der Waals surface area contributed by atoms with E-state index in [1.54, 1.807) is 0 Å². The highest BCUT2D eigenvalue weighted by Gasteiger charge is 2.29. The molecule has 0 radical (unpaired) electrons. The number of piperidine rings is 1. The molecule has 18 heavy (non-hydrogen) atoms. The third kappa shape index (κ3) is 3.25. The van der Waals surface area contributed by atoms with Gasteiger partial charge < -0.3 is 4.90 Å². The van der Waals surface area contributed by atoms with Crippen LogP contribution in [0.4, 0.5) is 0 Å². The van der Waals surface area contributed by atoms with Crippen molar-refractivity contribution < 1.29 is 0 Å². The molecule has 100 valence electrons. The molecular weight excluding hydrogens is 267 g/mol. The second kappa shape index (κ2) is 6.55. The van der Waals surface area contributed by atoms with Gasteiger partial charge in [-0.3, -0.25) is 4.98 Å². The lowest BCUT2D eigenvalue weighted by molar-refractivity contribution is 0.170. The Morgan fingerprint density at radius 1 is 1.28 bits per heavy atom. The van der Waals surface area contributed by atoms with Gasteiger partial charge in [-0.1, -0.05) is 12.1 Å². The van der Waals surface area contributed by atoms with Crippen molar-refractivity contribution in [1.82, 2.24) is 9.88 Å². The molecule has 2 bridgehead atoms. The zero-order valence-corrected chi connectivity index (χ0v) is 12.2. The summed E-state index contributed by atoms with van der Waals surface area (Å²) in [5.41, 5.74) is 2.84. The number of allylic oxidation sites excluding steroid dienone is 1. The molecule has 1 aromatic heterocycles. The molecule has 2 atom stereocenters. The quantitative estimate of drug-likeness (QED) is 0.788. The van der Waals surface area contributed by atoms with E-state index < -0.39 is 0 Å². The van der Waals surface area contributed by atoms with Crippen LogP contribution >= 0.6 is 24.8 Å². The first-order valence-electron chi connectivity index (χ1n) is 6.11. The minimum Gasteiger partial charge on any atom is -0.305 e. The van der Waals surface area contributed by atoms with Gasteiger partial charge in [0.05, 0.1) is 0 Å². The highest BCUT2D eigenvalue weighted by molar-refractivity contribution is 5.85. The Hall–Kier alpha value is -0.570. The predicted octanol–water partition coefficient (Wildman–Crippen LogP) is 3.28. The normalized spacial score (nSPS) is 26.6. The molecule has 4 heteroatoms. The van der Waals surface area contributed by atoms with Gasteiger partial charge in [0.1, 0.15) is 0 Å². The fourth-order valence-electron chi connectivity index (χ4n) is 3.19. The van der Waals surface area contributed by atoms with Crippen LogP contribution in [-0.4, -0.2) is 30.0 Å². The van der Waals surface area contributed by atoms with Crippen molar-refractivity contribution in [3.8, 4) is 0 Å². The highest BCUT2D eigenvalue weighted by Crippen LogP contribution is 2.37. The van der Waals surface area contributed by atoms with Crippen molar-refractivity contribution in [2.75, 3.05) is 20.1 Å². The van der Waals surface area contributed by atoms with Gasteiger partial charge in [0.15, 0.2) is 0 Å². The van der Waals surface area contributed by atoms with E-state index in [0.717, 1.165) is 11.8 Å². The molecule has 0 saturated carbocycles. The Labute approximate surface area is 121 Å². The van der Waals surface area contributed by atoms with Crippen LogP contribution in [0.3, 0.4) is 0 Å². The fourth-order valence-corrected chi connectivity index (χ4v) is 3.19. The van der Waals surface area contributed by atoms with E-state index in [2.05, 4.69) is 29.1 Å². The van der Waals surface area contributed by atoms with Crippen molar-refractivity contribution in [2.45, 2.75) is 12.8 Å². The number of fused-ring (bicyclic) bond motifs is 2. The van der Waals surface area contributed by atoms with Gasteiger partial charge in [0, 0.05) is 25.5 Å².